The first kappa shape index (κ1) is 45.3. The third-order valence-corrected chi connectivity index (χ3v) is 18.9. The van der Waals surface area contributed by atoms with E-state index in [-0.39, 0.29) is 10.8 Å². The maximum Gasteiger partial charge on any atom is 0.0756 e. The van der Waals surface area contributed by atoms with Crippen LogP contribution < -0.4 is 4.90 Å². The minimum absolute atomic E-state index is 0.0732. The molecule has 14 rings (SSSR count). The second-order valence-corrected chi connectivity index (χ2v) is 25.0. The van der Waals surface area contributed by atoms with Gasteiger partial charge in [-0.2, -0.15) is 0 Å². The van der Waals surface area contributed by atoms with Crippen LogP contribution in [0.3, 0.4) is 0 Å². The van der Waals surface area contributed by atoms with Gasteiger partial charge < -0.3 is 4.90 Å². The summed E-state index contributed by atoms with van der Waals surface area (Å²) in [5.74, 6) is 0. The standard InChI is InChI=1S/C71H57NS2/c1-44-33-40-65-66(71(57-28-16-20-32-64(57)74-65)58-41-46(68(2,3)4)34-37-51(58)52-38-35-47(42-59(52)71)69(5,6)7)67(44)72(61-29-17-12-23-49(61)45-21-9-8-10-22-45)48-36-39-53-50-24-11-13-25-54(50)70(60(53)43-48)55-26-14-18-30-62(55)73-63-31-19-15-27-56(63)70/h8-43H,1-7H3. The van der Waals surface area contributed by atoms with E-state index in [4.69, 9.17) is 0 Å². The Kier molecular flexibility index (Phi) is 10.0. The van der Waals surface area contributed by atoms with Crippen LogP contribution in [0.4, 0.5) is 17.1 Å². The Labute approximate surface area is 445 Å². The molecule has 2 aliphatic heterocycles. The van der Waals surface area contributed by atoms with Crippen LogP contribution in [0.2, 0.25) is 0 Å². The number of fused-ring (bicyclic) bond motifs is 18. The van der Waals surface area contributed by atoms with Gasteiger partial charge in [0.1, 0.15) is 0 Å². The summed E-state index contributed by atoms with van der Waals surface area (Å²) in [5.41, 5.74) is 24.4. The van der Waals surface area contributed by atoms with Crippen molar-refractivity contribution < 1.29 is 0 Å². The Morgan fingerprint density at radius 3 is 1.38 bits per heavy atom. The predicted octanol–water partition coefficient (Wildman–Crippen LogP) is 19.4. The highest BCUT2D eigenvalue weighted by Crippen LogP contribution is 2.67. The van der Waals surface area contributed by atoms with E-state index in [9.17, 15) is 0 Å². The largest absolute Gasteiger partial charge is 0.309 e. The van der Waals surface area contributed by atoms with Crippen molar-refractivity contribution in [3.05, 3.63) is 280 Å². The lowest BCUT2D eigenvalue weighted by Crippen LogP contribution is -2.35. The van der Waals surface area contributed by atoms with Crippen molar-refractivity contribution in [3.8, 4) is 33.4 Å². The monoisotopic (exact) mass is 987 g/mol. The van der Waals surface area contributed by atoms with Gasteiger partial charge in [-0.1, -0.05) is 241 Å². The first-order chi connectivity index (χ1) is 35.9. The molecule has 2 aliphatic carbocycles. The van der Waals surface area contributed by atoms with Crippen molar-refractivity contribution in [2.45, 2.75) is 89.7 Å². The average Bonchev–Trinajstić information content (AvgIpc) is 3.87. The van der Waals surface area contributed by atoms with Gasteiger partial charge in [-0.05, 0) is 144 Å². The second kappa shape index (κ2) is 16.3. The van der Waals surface area contributed by atoms with E-state index < -0.39 is 10.8 Å². The van der Waals surface area contributed by atoms with E-state index in [0.717, 1.165) is 11.4 Å². The summed E-state index contributed by atoms with van der Waals surface area (Å²) in [4.78, 5) is 7.87. The summed E-state index contributed by atoms with van der Waals surface area (Å²) in [7, 11) is 0. The molecule has 0 atom stereocenters. The van der Waals surface area contributed by atoms with Crippen molar-refractivity contribution in [2.24, 2.45) is 0 Å². The van der Waals surface area contributed by atoms with Crippen molar-refractivity contribution in [1.29, 1.82) is 0 Å². The van der Waals surface area contributed by atoms with Crippen LogP contribution in [0.15, 0.2) is 238 Å². The van der Waals surface area contributed by atoms with Gasteiger partial charge in [-0.15, -0.1) is 0 Å². The van der Waals surface area contributed by atoms with Gasteiger partial charge in [0.05, 0.1) is 22.2 Å². The number of hydrogen-bond donors (Lipinski definition) is 0. The molecule has 10 aromatic rings. The van der Waals surface area contributed by atoms with E-state index in [0.29, 0.717) is 0 Å². The highest BCUT2D eigenvalue weighted by Gasteiger charge is 2.54. The summed E-state index contributed by atoms with van der Waals surface area (Å²) in [5, 5.41) is 0. The van der Waals surface area contributed by atoms with Crippen LogP contribution in [-0.4, -0.2) is 0 Å². The van der Waals surface area contributed by atoms with Gasteiger partial charge in [0.25, 0.3) is 0 Å². The van der Waals surface area contributed by atoms with E-state index in [1.54, 1.807) is 0 Å². The van der Waals surface area contributed by atoms with Gasteiger partial charge in [0.2, 0.25) is 0 Å². The van der Waals surface area contributed by atoms with E-state index in [1.807, 2.05) is 23.5 Å². The Bertz CT molecular complexity index is 3850. The Hall–Kier alpha value is -7.30. The number of anilines is 3. The minimum Gasteiger partial charge on any atom is -0.309 e. The zero-order valence-corrected chi connectivity index (χ0v) is 44.7. The summed E-state index contributed by atoms with van der Waals surface area (Å²) < 4.78 is 0. The van der Waals surface area contributed by atoms with Crippen LogP contribution in [-0.2, 0) is 21.7 Å². The molecule has 3 heteroatoms. The predicted molar refractivity (Wildman–Crippen MR) is 312 cm³/mol. The molecule has 0 bridgehead atoms. The van der Waals surface area contributed by atoms with Gasteiger partial charge in [0.15, 0.2) is 0 Å². The number of para-hydroxylation sites is 1. The fourth-order valence-electron chi connectivity index (χ4n) is 13.2. The zero-order valence-electron chi connectivity index (χ0n) is 43.0. The van der Waals surface area contributed by atoms with Gasteiger partial charge >= 0.3 is 0 Å². The summed E-state index contributed by atoms with van der Waals surface area (Å²) in [6.07, 6.45) is 0. The normalized spacial score (nSPS) is 14.8. The Morgan fingerprint density at radius 1 is 0.351 bits per heavy atom. The lowest BCUT2D eigenvalue weighted by atomic mass is 9.65. The van der Waals surface area contributed by atoms with Crippen LogP contribution in [0, 0.1) is 6.92 Å². The molecule has 4 aliphatic rings. The topological polar surface area (TPSA) is 3.24 Å². The Morgan fingerprint density at radius 2 is 0.797 bits per heavy atom. The molecule has 2 heterocycles. The smallest absolute Gasteiger partial charge is 0.0756 e. The van der Waals surface area contributed by atoms with Crippen LogP contribution in [0.25, 0.3) is 33.4 Å². The second-order valence-electron chi connectivity index (χ2n) is 22.8. The molecular formula is C71H57NS2. The number of rotatable bonds is 4. The Balaban J connectivity index is 1.14. The lowest BCUT2D eigenvalue weighted by molar-refractivity contribution is 0.585. The van der Waals surface area contributed by atoms with Crippen molar-refractivity contribution in [3.63, 3.8) is 0 Å². The molecule has 0 amide bonds. The fraction of sp³-hybridized carbons (Fsp3) is 0.155. The van der Waals surface area contributed by atoms with E-state index >= 15 is 0 Å². The summed E-state index contributed by atoms with van der Waals surface area (Å²) in [6.45, 7) is 16.5. The molecule has 0 fully saturated rings. The lowest BCUT2D eigenvalue weighted by Gasteiger charge is -2.44. The highest BCUT2D eigenvalue weighted by molar-refractivity contribution is 7.99. The van der Waals surface area contributed by atoms with Crippen molar-refractivity contribution in [2.75, 3.05) is 4.90 Å². The van der Waals surface area contributed by atoms with E-state index in [1.165, 1.54) is 120 Å². The van der Waals surface area contributed by atoms with Crippen LogP contribution in [0.5, 0.6) is 0 Å². The zero-order chi connectivity index (χ0) is 50.3. The quantitative estimate of drug-likeness (QED) is 0.173. The third-order valence-electron chi connectivity index (χ3n) is 16.6. The molecule has 358 valence electrons. The molecule has 2 spiro atoms. The molecule has 0 saturated carbocycles. The molecule has 0 N–H and O–H groups in total. The molecule has 0 unspecified atom stereocenters. The minimum atomic E-state index is -0.668. The van der Waals surface area contributed by atoms with Crippen molar-refractivity contribution in [1.82, 2.24) is 0 Å². The number of nitrogens with zero attached hydrogens (tertiary/aromatic N) is 1. The molecule has 0 aromatic heterocycles. The maximum absolute atomic E-state index is 2.68. The molecule has 74 heavy (non-hydrogen) atoms. The molecule has 0 saturated heterocycles. The molecule has 10 aromatic carbocycles. The summed E-state index contributed by atoms with van der Waals surface area (Å²) >= 11 is 3.83. The van der Waals surface area contributed by atoms with E-state index in [2.05, 4.69) is 272 Å². The number of hydrogen-bond acceptors (Lipinski definition) is 3. The maximum atomic E-state index is 2.68. The molecule has 0 radical (unpaired) electrons. The van der Waals surface area contributed by atoms with Crippen LogP contribution in [0.1, 0.15) is 103 Å². The molecular weight excluding hydrogens is 931 g/mol. The van der Waals surface area contributed by atoms with Crippen LogP contribution >= 0.6 is 23.5 Å². The average molecular weight is 988 g/mol. The SMILES string of the molecule is Cc1ccc2c(c1N(c1ccc3c(c1)C1(c4ccccc4Sc4ccccc41)c1ccccc1-3)c1ccccc1-c1ccccc1)C1(c3ccccc3S2)c2cc(C(C)(C)C)ccc2-c2ccc(C(C)(C)C)cc21. The van der Waals surface area contributed by atoms with Gasteiger partial charge in [0, 0.05) is 36.4 Å². The third kappa shape index (κ3) is 6.33. The first-order valence-corrected chi connectivity index (χ1v) is 27.8. The van der Waals surface area contributed by atoms with Gasteiger partial charge in [-0.3, -0.25) is 0 Å². The fourth-order valence-corrected chi connectivity index (χ4v) is 15.6. The highest BCUT2D eigenvalue weighted by atomic mass is 32.2. The number of benzene rings is 10. The number of aryl methyl sites for hydroxylation is 1. The first-order valence-electron chi connectivity index (χ1n) is 26.2. The van der Waals surface area contributed by atoms with Gasteiger partial charge in [-0.25, -0.2) is 0 Å². The van der Waals surface area contributed by atoms with Crippen molar-refractivity contribution >= 4 is 40.6 Å². The molecule has 1 nitrogen and oxygen atoms in total. The summed E-state index contributed by atoms with van der Waals surface area (Å²) in [6, 6.07) is 84.1.